The average Bonchev–Trinajstić information content (AvgIpc) is 3.25. The number of morpholine rings is 1. The molecule has 2 N–H and O–H groups in total. The van der Waals surface area contributed by atoms with Crippen molar-refractivity contribution in [2.45, 2.75) is 31.2 Å². The van der Waals surface area contributed by atoms with Crippen LogP contribution in [-0.4, -0.2) is 67.4 Å². The van der Waals surface area contributed by atoms with E-state index in [4.69, 9.17) is 4.74 Å². The zero-order valence-corrected chi connectivity index (χ0v) is 20.5. The summed E-state index contributed by atoms with van der Waals surface area (Å²) in [6.07, 6.45) is 0. The number of nitriles is 1. The van der Waals surface area contributed by atoms with Crippen LogP contribution in [0.2, 0.25) is 0 Å². The Kier molecular flexibility index (Phi) is 4.90. The predicted octanol–water partition coefficient (Wildman–Crippen LogP) is 2.34. The SMILES string of the molecule is CC1CN(c2ccc(C#N)c3[nH]c(=O)ccc23)CC2c3ccc(N4CC5(CNCCO5)C4)cc3CN12. The van der Waals surface area contributed by atoms with Gasteiger partial charge >= 0.3 is 0 Å². The lowest BCUT2D eigenvalue weighted by atomic mass is 9.91. The van der Waals surface area contributed by atoms with Crippen LogP contribution in [0.5, 0.6) is 0 Å². The first kappa shape index (κ1) is 21.9. The maximum absolute atomic E-state index is 12.0. The van der Waals surface area contributed by atoms with E-state index in [1.54, 1.807) is 6.07 Å². The molecule has 0 bridgehead atoms. The van der Waals surface area contributed by atoms with Crippen molar-refractivity contribution in [1.29, 1.82) is 5.26 Å². The quantitative estimate of drug-likeness (QED) is 0.580. The smallest absolute Gasteiger partial charge is 0.248 e. The summed E-state index contributed by atoms with van der Waals surface area (Å²) >= 11 is 0. The van der Waals surface area contributed by atoms with Gasteiger partial charge in [-0.1, -0.05) is 6.07 Å². The monoisotopic (exact) mass is 482 g/mol. The van der Waals surface area contributed by atoms with Gasteiger partial charge in [-0.25, -0.2) is 0 Å². The van der Waals surface area contributed by atoms with Crippen LogP contribution in [0.25, 0.3) is 10.9 Å². The maximum Gasteiger partial charge on any atom is 0.248 e. The van der Waals surface area contributed by atoms with Crippen molar-refractivity contribution in [3.05, 3.63) is 69.5 Å². The van der Waals surface area contributed by atoms with E-state index in [1.165, 1.54) is 16.8 Å². The number of nitrogens with zero attached hydrogens (tertiary/aromatic N) is 4. The maximum atomic E-state index is 12.0. The van der Waals surface area contributed by atoms with Crippen LogP contribution >= 0.6 is 0 Å². The molecule has 2 unspecified atom stereocenters. The van der Waals surface area contributed by atoms with Crippen molar-refractivity contribution in [2.24, 2.45) is 0 Å². The number of H-pyrrole nitrogens is 1. The van der Waals surface area contributed by atoms with E-state index >= 15 is 0 Å². The van der Waals surface area contributed by atoms with Gasteiger partial charge in [0.05, 0.1) is 36.8 Å². The number of benzene rings is 2. The number of aromatic nitrogens is 1. The Morgan fingerprint density at radius 3 is 2.81 bits per heavy atom. The molecule has 184 valence electrons. The highest BCUT2D eigenvalue weighted by Gasteiger charge is 2.46. The summed E-state index contributed by atoms with van der Waals surface area (Å²) in [5, 5.41) is 13.9. The summed E-state index contributed by atoms with van der Waals surface area (Å²) < 4.78 is 6.09. The Morgan fingerprint density at radius 2 is 2.00 bits per heavy atom. The van der Waals surface area contributed by atoms with Gasteiger partial charge in [0.25, 0.3) is 0 Å². The number of hydrogen-bond donors (Lipinski definition) is 2. The average molecular weight is 483 g/mol. The normalized spacial score (nSPS) is 24.9. The summed E-state index contributed by atoms with van der Waals surface area (Å²) in [6.45, 7) is 9.63. The Hall–Kier alpha value is -3.38. The van der Waals surface area contributed by atoms with Crippen molar-refractivity contribution in [2.75, 3.05) is 55.7 Å². The van der Waals surface area contributed by atoms with Gasteiger partial charge in [-0.15, -0.1) is 0 Å². The van der Waals surface area contributed by atoms with Crippen LogP contribution in [-0.2, 0) is 11.3 Å². The molecule has 3 fully saturated rings. The van der Waals surface area contributed by atoms with E-state index in [1.807, 2.05) is 18.2 Å². The summed E-state index contributed by atoms with van der Waals surface area (Å²) in [6, 6.07) is 17.1. The topological polar surface area (TPSA) is 87.6 Å². The second-order valence-corrected chi connectivity index (χ2v) is 10.7. The number of aromatic amines is 1. The number of ether oxygens (including phenoxy) is 1. The Labute approximate surface area is 210 Å². The highest BCUT2D eigenvalue weighted by atomic mass is 16.5. The van der Waals surface area contributed by atoms with Crippen molar-refractivity contribution in [3.8, 4) is 6.07 Å². The van der Waals surface area contributed by atoms with Gasteiger partial charge in [0, 0.05) is 61.6 Å². The van der Waals surface area contributed by atoms with Crippen molar-refractivity contribution in [3.63, 3.8) is 0 Å². The minimum atomic E-state index is -0.186. The predicted molar refractivity (Wildman–Crippen MR) is 139 cm³/mol. The largest absolute Gasteiger partial charge is 0.369 e. The lowest BCUT2D eigenvalue weighted by Gasteiger charge is -2.52. The third kappa shape index (κ3) is 3.34. The van der Waals surface area contributed by atoms with Gasteiger partial charge in [0.15, 0.2) is 0 Å². The molecule has 3 saturated heterocycles. The van der Waals surface area contributed by atoms with Crippen LogP contribution in [0, 0.1) is 11.3 Å². The van der Waals surface area contributed by atoms with Crippen molar-refractivity contribution in [1.82, 2.24) is 15.2 Å². The number of hydrogen-bond acceptors (Lipinski definition) is 7. The summed E-state index contributed by atoms with van der Waals surface area (Å²) in [7, 11) is 0. The summed E-state index contributed by atoms with van der Waals surface area (Å²) in [5.74, 6) is 0. The highest BCUT2D eigenvalue weighted by molar-refractivity contribution is 5.95. The minimum absolute atomic E-state index is 0.0160. The zero-order chi connectivity index (χ0) is 24.4. The van der Waals surface area contributed by atoms with Crippen LogP contribution in [0.4, 0.5) is 11.4 Å². The molecule has 4 aliphatic rings. The zero-order valence-electron chi connectivity index (χ0n) is 20.5. The molecule has 0 radical (unpaired) electrons. The molecule has 8 nitrogen and oxygen atoms in total. The molecule has 7 rings (SSSR count). The molecule has 1 spiro atoms. The molecule has 0 aliphatic carbocycles. The number of anilines is 2. The standard InChI is InChI=1S/C28H30N6O2/c1-18-12-32(24-6-2-19(11-29)27-23(24)5-7-26(35)31-27)14-25-22-4-3-21(10-20(22)13-34(18)25)33-16-28(17-33)15-30-8-9-36-28/h2-7,10,18,25,30H,8-9,12-17H2,1H3,(H,31,35). The minimum Gasteiger partial charge on any atom is -0.369 e. The fourth-order valence-electron chi connectivity index (χ4n) is 6.65. The van der Waals surface area contributed by atoms with Gasteiger partial charge in [-0.05, 0) is 48.4 Å². The van der Waals surface area contributed by atoms with Crippen LogP contribution in [0.1, 0.15) is 29.7 Å². The van der Waals surface area contributed by atoms with Crippen LogP contribution < -0.4 is 20.7 Å². The summed E-state index contributed by atoms with van der Waals surface area (Å²) in [5.41, 5.74) is 6.12. The fourth-order valence-corrected chi connectivity index (χ4v) is 6.65. The lowest BCUT2D eigenvalue weighted by Crippen LogP contribution is -2.69. The van der Waals surface area contributed by atoms with E-state index in [9.17, 15) is 10.1 Å². The van der Waals surface area contributed by atoms with Gasteiger partial charge < -0.3 is 24.8 Å². The number of piperazine rings is 1. The Balaban J connectivity index is 1.16. The van der Waals surface area contributed by atoms with Gasteiger partial charge in [-0.3, -0.25) is 9.69 Å². The Bertz CT molecular complexity index is 1440. The molecule has 8 heteroatoms. The molecule has 5 heterocycles. The molecule has 0 amide bonds. The molecule has 4 aliphatic heterocycles. The highest BCUT2D eigenvalue weighted by Crippen LogP contribution is 2.43. The first-order valence-corrected chi connectivity index (χ1v) is 12.8. The van der Waals surface area contributed by atoms with E-state index in [0.717, 1.165) is 63.5 Å². The third-order valence-corrected chi connectivity index (χ3v) is 8.47. The van der Waals surface area contributed by atoms with E-state index in [0.29, 0.717) is 23.2 Å². The molecule has 36 heavy (non-hydrogen) atoms. The molecule has 2 atom stereocenters. The first-order valence-electron chi connectivity index (χ1n) is 12.8. The lowest BCUT2D eigenvalue weighted by molar-refractivity contribution is -0.0828. The number of rotatable bonds is 2. The van der Waals surface area contributed by atoms with Crippen LogP contribution in [0.15, 0.2) is 47.3 Å². The van der Waals surface area contributed by atoms with Gasteiger partial charge in [0.2, 0.25) is 5.56 Å². The number of fused-ring (bicyclic) bond motifs is 4. The molecular weight excluding hydrogens is 452 g/mol. The molecular formula is C28H30N6O2. The first-order chi connectivity index (χ1) is 17.5. The van der Waals surface area contributed by atoms with Gasteiger partial charge in [-0.2, -0.15) is 5.26 Å². The van der Waals surface area contributed by atoms with E-state index < -0.39 is 0 Å². The second-order valence-electron chi connectivity index (χ2n) is 10.7. The second kappa shape index (κ2) is 8.07. The fraction of sp³-hybridized carbons (Fsp3) is 0.429. The third-order valence-electron chi connectivity index (χ3n) is 8.47. The molecule has 2 aromatic carbocycles. The molecule has 3 aromatic rings. The number of pyridine rings is 1. The van der Waals surface area contributed by atoms with Crippen molar-refractivity contribution < 1.29 is 4.74 Å². The molecule has 0 saturated carbocycles. The van der Waals surface area contributed by atoms with Crippen LogP contribution in [0.3, 0.4) is 0 Å². The van der Waals surface area contributed by atoms with E-state index in [2.05, 4.69) is 56.2 Å². The van der Waals surface area contributed by atoms with Gasteiger partial charge in [0.1, 0.15) is 11.7 Å². The van der Waals surface area contributed by atoms with Crippen molar-refractivity contribution >= 4 is 22.3 Å². The Morgan fingerprint density at radius 1 is 1.11 bits per heavy atom. The number of nitrogens with one attached hydrogen (secondary N) is 2. The van der Waals surface area contributed by atoms with E-state index in [-0.39, 0.29) is 11.2 Å². The molecule has 1 aromatic heterocycles. The summed E-state index contributed by atoms with van der Waals surface area (Å²) in [4.78, 5) is 22.3.